The average Bonchev–Trinajstić information content (AvgIpc) is 2.68. The van der Waals surface area contributed by atoms with Gasteiger partial charge in [0.1, 0.15) is 5.82 Å². The molecule has 0 saturated carbocycles. The normalized spacial score (nSPS) is 12.4. The lowest BCUT2D eigenvalue weighted by molar-refractivity contribution is 0.814. The Bertz CT molecular complexity index is 560. The van der Waals surface area contributed by atoms with Crippen molar-refractivity contribution < 1.29 is 0 Å². The van der Waals surface area contributed by atoms with E-state index in [-0.39, 0.29) is 11.6 Å². The first-order valence-electron chi connectivity index (χ1n) is 5.44. The number of nitrogens with zero attached hydrogens (tertiary/aromatic N) is 1. The van der Waals surface area contributed by atoms with Crippen molar-refractivity contribution in [2.75, 3.05) is 5.32 Å². The van der Waals surface area contributed by atoms with Gasteiger partial charge in [0.05, 0.1) is 17.3 Å². The van der Waals surface area contributed by atoms with Gasteiger partial charge in [0, 0.05) is 11.1 Å². The molecular formula is C12H15N3OS. The highest BCUT2D eigenvalue weighted by Gasteiger charge is 2.14. The molecule has 2 rings (SSSR count). The molecule has 2 heterocycles. The van der Waals surface area contributed by atoms with E-state index >= 15 is 0 Å². The van der Waals surface area contributed by atoms with E-state index in [0.29, 0.717) is 11.4 Å². The van der Waals surface area contributed by atoms with Crippen molar-refractivity contribution in [3.8, 4) is 0 Å². The molecule has 1 atom stereocenters. The Balaban J connectivity index is 2.31. The zero-order valence-electron chi connectivity index (χ0n) is 10.1. The fraction of sp³-hybridized carbons (Fsp3) is 0.333. The summed E-state index contributed by atoms with van der Waals surface area (Å²) in [5.74, 6) is 0.652. The van der Waals surface area contributed by atoms with Crippen molar-refractivity contribution in [3.63, 3.8) is 0 Å². The average molecular weight is 249 g/mol. The van der Waals surface area contributed by atoms with Crippen LogP contribution in [0.15, 0.2) is 21.6 Å². The van der Waals surface area contributed by atoms with Gasteiger partial charge in [-0.3, -0.25) is 4.79 Å². The highest BCUT2D eigenvalue weighted by atomic mass is 32.1. The van der Waals surface area contributed by atoms with Crippen LogP contribution in [0.1, 0.15) is 30.0 Å². The number of aromatic nitrogens is 2. The van der Waals surface area contributed by atoms with Gasteiger partial charge in [-0.1, -0.05) is 0 Å². The van der Waals surface area contributed by atoms with Crippen LogP contribution in [-0.4, -0.2) is 9.97 Å². The van der Waals surface area contributed by atoms with Gasteiger partial charge in [0.15, 0.2) is 0 Å². The Morgan fingerprint density at radius 3 is 2.82 bits per heavy atom. The minimum absolute atomic E-state index is 0.0542. The minimum Gasteiger partial charge on any atom is -0.378 e. The maximum atomic E-state index is 11.9. The van der Waals surface area contributed by atoms with Crippen molar-refractivity contribution in [3.05, 3.63) is 44.3 Å². The molecule has 0 aliphatic rings. The van der Waals surface area contributed by atoms with Gasteiger partial charge in [-0.2, -0.15) is 11.3 Å². The lowest BCUT2D eigenvalue weighted by atomic mass is 10.1. The van der Waals surface area contributed by atoms with Crippen LogP contribution >= 0.6 is 11.3 Å². The first kappa shape index (κ1) is 11.9. The third-order valence-corrected chi connectivity index (χ3v) is 3.28. The van der Waals surface area contributed by atoms with Crippen LogP contribution in [0.2, 0.25) is 0 Å². The van der Waals surface area contributed by atoms with E-state index in [1.165, 1.54) is 0 Å². The predicted octanol–water partition coefficient (Wildman–Crippen LogP) is 2.62. The van der Waals surface area contributed by atoms with Crippen molar-refractivity contribution in [1.29, 1.82) is 0 Å². The SMILES string of the molecule is Cc1nc(C)c(C(C)Nc2ccsc2)c(=O)[nH]1. The number of hydrogen-bond donors (Lipinski definition) is 2. The smallest absolute Gasteiger partial charge is 0.256 e. The molecule has 2 aromatic heterocycles. The summed E-state index contributed by atoms with van der Waals surface area (Å²) in [7, 11) is 0. The molecule has 90 valence electrons. The molecule has 0 fully saturated rings. The molecule has 1 unspecified atom stereocenters. The number of aryl methyl sites for hydroxylation is 2. The number of H-pyrrole nitrogens is 1. The van der Waals surface area contributed by atoms with Crippen LogP contribution in [0.5, 0.6) is 0 Å². The van der Waals surface area contributed by atoms with Gasteiger partial charge >= 0.3 is 0 Å². The van der Waals surface area contributed by atoms with E-state index < -0.39 is 0 Å². The van der Waals surface area contributed by atoms with Crippen molar-refractivity contribution in [2.45, 2.75) is 26.8 Å². The fourth-order valence-electron chi connectivity index (χ4n) is 1.91. The standard InChI is InChI=1S/C12H15N3OS/c1-7-11(12(16)15-9(3)13-7)8(2)14-10-4-5-17-6-10/h4-6,8,14H,1-3H3,(H,13,15,16). The molecule has 2 N–H and O–H groups in total. The first-order chi connectivity index (χ1) is 8.08. The molecule has 17 heavy (non-hydrogen) atoms. The summed E-state index contributed by atoms with van der Waals surface area (Å²) < 4.78 is 0. The van der Waals surface area contributed by atoms with Gasteiger partial charge in [-0.15, -0.1) is 0 Å². The lowest BCUT2D eigenvalue weighted by Gasteiger charge is -2.15. The molecule has 2 aromatic rings. The molecule has 4 nitrogen and oxygen atoms in total. The molecule has 0 saturated heterocycles. The summed E-state index contributed by atoms with van der Waals surface area (Å²) >= 11 is 1.62. The quantitative estimate of drug-likeness (QED) is 0.879. The number of hydrogen-bond acceptors (Lipinski definition) is 4. The van der Waals surface area contributed by atoms with E-state index in [0.717, 1.165) is 11.4 Å². The molecule has 0 radical (unpaired) electrons. The Hall–Kier alpha value is -1.62. The number of thiophene rings is 1. The molecule has 5 heteroatoms. The largest absolute Gasteiger partial charge is 0.378 e. The van der Waals surface area contributed by atoms with Gasteiger partial charge in [-0.05, 0) is 32.2 Å². The maximum absolute atomic E-state index is 11.9. The third kappa shape index (κ3) is 2.55. The number of rotatable bonds is 3. The van der Waals surface area contributed by atoms with E-state index in [2.05, 4.69) is 15.3 Å². The van der Waals surface area contributed by atoms with Gasteiger partial charge in [0.25, 0.3) is 5.56 Å². The monoisotopic (exact) mass is 249 g/mol. The summed E-state index contributed by atoms with van der Waals surface area (Å²) in [6, 6.07) is 1.94. The van der Waals surface area contributed by atoms with Crippen molar-refractivity contribution >= 4 is 17.0 Å². The predicted molar refractivity (Wildman–Crippen MR) is 70.7 cm³/mol. The minimum atomic E-state index is -0.0646. The van der Waals surface area contributed by atoms with Gasteiger partial charge in [0.2, 0.25) is 0 Å². The number of nitrogens with one attached hydrogen (secondary N) is 2. The highest BCUT2D eigenvalue weighted by Crippen LogP contribution is 2.20. The molecule has 0 aliphatic carbocycles. The molecule has 0 amide bonds. The highest BCUT2D eigenvalue weighted by molar-refractivity contribution is 7.08. The Morgan fingerprint density at radius 2 is 2.24 bits per heavy atom. The Labute approximate surface area is 104 Å². The zero-order chi connectivity index (χ0) is 12.4. The second-order valence-corrected chi connectivity index (χ2v) is 4.81. The topological polar surface area (TPSA) is 57.8 Å². The van der Waals surface area contributed by atoms with Crippen LogP contribution < -0.4 is 10.9 Å². The molecule has 0 spiro atoms. The molecule has 0 aromatic carbocycles. The van der Waals surface area contributed by atoms with Gasteiger partial charge < -0.3 is 10.3 Å². The Kier molecular flexibility index (Phi) is 3.28. The maximum Gasteiger partial charge on any atom is 0.256 e. The van der Waals surface area contributed by atoms with E-state index in [1.54, 1.807) is 18.3 Å². The van der Waals surface area contributed by atoms with E-state index in [9.17, 15) is 4.79 Å². The van der Waals surface area contributed by atoms with Crippen LogP contribution in [0.4, 0.5) is 5.69 Å². The summed E-state index contributed by atoms with van der Waals surface area (Å²) in [5.41, 5.74) is 2.44. The summed E-state index contributed by atoms with van der Waals surface area (Å²) in [5, 5.41) is 7.30. The van der Waals surface area contributed by atoms with Crippen molar-refractivity contribution in [2.24, 2.45) is 0 Å². The summed E-state index contributed by atoms with van der Waals surface area (Å²) in [6.07, 6.45) is 0. The summed E-state index contributed by atoms with van der Waals surface area (Å²) in [6.45, 7) is 5.62. The van der Waals surface area contributed by atoms with Crippen LogP contribution in [0.25, 0.3) is 0 Å². The van der Waals surface area contributed by atoms with Crippen LogP contribution in [0, 0.1) is 13.8 Å². The number of anilines is 1. The first-order valence-corrected chi connectivity index (χ1v) is 6.38. The zero-order valence-corrected chi connectivity index (χ0v) is 10.9. The van der Waals surface area contributed by atoms with Crippen molar-refractivity contribution in [1.82, 2.24) is 9.97 Å². The van der Waals surface area contributed by atoms with Gasteiger partial charge in [-0.25, -0.2) is 4.98 Å². The van der Waals surface area contributed by atoms with Crippen LogP contribution in [0.3, 0.4) is 0 Å². The molecule has 0 aliphatic heterocycles. The second kappa shape index (κ2) is 4.71. The summed E-state index contributed by atoms with van der Waals surface area (Å²) in [4.78, 5) is 18.9. The van der Waals surface area contributed by atoms with E-state index in [1.807, 2.05) is 30.7 Å². The number of aromatic amines is 1. The third-order valence-electron chi connectivity index (χ3n) is 2.60. The molecular weight excluding hydrogens is 234 g/mol. The van der Waals surface area contributed by atoms with Crippen LogP contribution in [-0.2, 0) is 0 Å². The lowest BCUT2D eigenvalue weighted by Crippen LogP contribution is -2.23. The molecule has 0 bridgehead atoms. The Morgan fingerprint density at radius 1 is 1.47 bits per heavy atom. The fourth-order valence-corrected chi connectivity index (χ4v) is 2.51. The van der Waals surface area contributed by atoms with E-state index in [4.69, 9.17) is 0 Å². The second-order valence-electron chi connectivity index (χ2n) is 4.03.